The molecule has 2 atom stereocenters. The van der Waals surface area contributed by atoms with E-state index in [-0.39, 0.29) is 41.0 Å². The van der Waals surface area contributed by atoms with Gasteiger partial charge < -0.3 is 31.8 Å². The number of nitrogens with one attached hydrogen (secondary N) is 1. The number of hydrogen-bond acceptors (Lipinski definition) is 7. The van der Waals surface area contributed by atoms with Gasteiger partial charge in [0.1, 0.15) is 12.3 Å². The SMILES string of the molecule is CC1=C(N)C(=O)c2c(COC(N)=O)c3n(c2C1=O)C[C@H](N)C3Nc1ccccc1. The number of rotatable bonds is 4. The molecule has 1 aromatic carbocycles. The van der Waals surface area contributed by atoms with E-state index in [4.69, 9.17) is 21.9 Å². The summed E-state index contributed by atoms with van der Waals surface area (Å²) in [5.41, 5.74) is 19.7. The molecule has 9 heteroatoms. The molecule has 1 aromatic heterocycles. The predicted molar refractivity (Wildman–Crippen MR) is 105 cm³/mol. The number of primary amides is 1. The average molecular weight is 395 g/mol. The number of anilines is 1. The van der Waals surface area contributed by atoms with E-state index in [0.29, 0.717) is 17.8 Å². The summed E-state index contributed by atoms with van der Waals surface area (Å²) in [6, 6.07) is 8.65. The molecule has 0 saturated carbocycles. The highest BCUT2D eigenvalue weighted by Crippen LogP contribution is 2.40. The van der Waals surface area contributed by atoms with Crippen LogP contribution in [0, 0.1) is 0 Å². The third-order valence-corrected chi connectivity index (χ3v) is 5.41. The average Bonchev–Trinajstić information content (AvgIpc) is 3.17. The van der Waals surface area contributed by atoms with E-state index < -0.39 is 17.9 Å². The zero-order chi connectivity index (χ0) is 20.9. The minimum atomic E-state index is -0.983. The van der Waals surface area contributed by atoms with Crippen LogP contribution >= 0.6 is 0 Å². The van der Waals surface area contributed by atoms with Gasteiger partial charge in [0.15, 0.2) is 0 Å². The van der Waals surface area contributed by atoms with Gasteiger partial charge in [-0.3, -0.25) is 9.59 Å². The van der Waals surface area contributed by atoms with E-state index >= 15 is 0 Å². The van der Waals surface area contributed by atoms with Crippen molar-refractivity contribution >= 4 is 23.3 Å². The molecule has 0 bridgehead atoms. The number of ketones is 2. The Labute approximate surface area is 166 Å². The molecule has 0 spiro atoms. The number of nitrogens with two attached hydrogens (primary N) is 3. The highest BCUT2D eigenvalue weighted by atomic mass is 16.5. The van der Waals surface area contributed by atoms with Gasteiger partial charge in [0.25, 0.3) is 0 Å². The molecule has 0 saturated heterocycles. The Kier molecular flexibility index (Phi) is 4.39. The first kappa shape index (κ1) is 18.8. The van der Waals surface area contributed by atoms with Crippen molar-refractivity contribution in [1.29, 1.82) is 0 Å². The highest BCUT2D eigenvalue weighted by Gasteiger charge is 2.43. The van der Waals surface area contributed by atoms with Crippen LogP contribution in [0.3, 0.4) is 0 Å². The van der Waals surface area contributed by atoms with E-state index in [1.165, 1.54) is 6.92 Å². The minimum absolute atomic E-state index is 0.107. The van der Waals surface area contributed by atoms with Crippen LogP contribution in [-0.4, -0.2) is 28.3 Å². The molecule has 29 heavy (non-hydrogen) atoms. The first-order chi connectivity index (χ1) is 13.8. The van der Waals surface area contributed by atoms with Crippen molar-refractivity contribution < 1.29 is 19.1 Å². The molecule has 1 aliphatic carbocycles. The second-order valence-corrected chi connectivity index (χ2v) is 7.15. The molecule has 2 heterocycles. The van der Waals surface area contributed by atoms with Gasteiger partial charge in [-0.15, -0.1) is 0 Å². The standard InChI is InChI=1S/C20H21N5O4/c1-9-14(22)19(27)13-11(8-29-20(23)28)16-15(24-10-5-3-2-4-6-10)12(21)7-25(16)17(13)18(9)26/h2-6,12,15,24H,7-8,21-22H2,1H3,(H2,23,28)/t12-,15?/m0/s1. The number of amides is 1. The summed E-state index contributed by atoms with van der Waals surface area (Å²) in [5.74, 6) is -0.801. The predicted octanol–water partition coefficient (Wildman–Crippen LogP) is 1.19. The molecule has 0 fully saturated rings. The van der Waals surface area contributed by atoms with Crippen LogP contribution in [0.1, 0.15) is 45.1 Å². The van der Waals surface area contributed by atoms with Crippen molar-refractivity contribution in [1.82, 2.24) is 4.57 Å². The van der Waals surface area contributed by atoms with Gasteiger partial charge in [0.05, 0.1) is 17.3 Å². The monoisotopic (exact) mass is 395 g/mol. The number of aromatic nitrogens is 1. The van der Waals surface area contributed by atoms with Crippen LogP contribution in [0.2, 0.25) is 0 Å². The number of carbonyl (C=O) groups excluding carboxylic acids is 3. The largest absolute Gasteiger partial charge is 0.445 e. The fourth-order valence-corrected chi connectivity index (χ4v) is 4.02. The van der Waals surface area contributed by atoms with Gasteiger partial charge in [-0.05, 0) is 19.1 Å². The third-order valence-electron chi connectivity index (χ3n) is 5.41. The zero-order valence-corrected chi connectivity index (χ0v) is 15.8. The normalized spacial score (nSPS) is 20.5. The maximum atomic E-state index is 13.0. The Morgan fingerprint density at radius 1 is 1.24 bits per heavy atom. The van der Waals surface area contributed by atoms with E-state index in [1.54, 1.807) is 4.57 Å². The summed E-state index contributed by atoms with van der Waals surface area (Å²) in [6.45, 7) is 1.59. The number of carbonyl (C=O) groups is 3. The van der Waals surface area contributed by atoms with Crippen molar-refractivity contribution in [2.45, 2.75) is 32.2 Å². The number of fused-ring (bicyclic) bond motifs is 3. The van der Waals surface area contributed by atoms with Gasteiger partial charge >= 0.3 is 6.09 Å². The lowest BCUT2D eigenvalue weighted by molar-refractivity contribution is 0.0965. The van der Waals surface area contributed by atoms with Crippen molar-refractivity contribution in [3.63, 3.8) is 0 Å². The first-order valence-corrected chi connectivity index (χ1v) is 9.11. The molecular weight excluding hydrogens is 374 g/mol. The lowest BCUT2D eigenvalue weighted by Gasteiger charge is -2.21. The third kappa shape index (κ3) is 2.87. The molecule has 7 N–H and O–H groups in total. The minimum Gasteiger partial charge on any atom is -0.445 e. The number of nitrogens with zero attached hydrogens (tertiary/aromatic N) is 1. The summed E-state index contributed by atoms with van der Waals surface area (Å²) in [5, 5.41) is 3.35. The van der Waals surface area contributed by atoms with Crippen molar-refractivity contribution in [3.05, 3.63) is 64.1 Å². The second kappa shape index (κ2) is 6.78. The number of ether oxygens (including phenoxy) is 1. The Morgan fingerprint density at radius 3 is 2.59 bits per heavy atom. The van der Waals surface area contributed by atoms with Crippen LogP contribution in [-0.2, 0) is 17.9 Å². The topological polar surface area (TPSA) is 155 Å². The van der Waals surface area contributed by atoms with E-state index in [9.17, 15) is 14.4 Å². The highest BCUT2D eigenvalue weighted by molar-refractivity contribution is 6.26. The second-order valence-electron chi connectivity index (χ2n) is 7.15. The Morgan fingerprint density at radius 2 is 1.93 bits per heavy atom. The maximum Gasteiger partial charge on any atom is 0.404 e. The fourth-order valence-electron chi connectivity index (χ4n) is 4.02. The molecule has 2 aliphatic rings. The molecular formula is C20H21N5O4. The zero-order valence-electron chi connectivity index (χ0n) is 15.8. The lowest BCUT2D eigenvalue weighted by atomic mass is 9.89. The first-order valence-electron chi connectivity index (χ1n) is 9.11. The van der Waals surface area contributed by atoms with E-state index in [0.717, 1.165) is 5.69 Å². The van der Waals surface area contributed by atoms with Crippen LogP contribution in [0.25, 0.3) is 0 Å². The van der Waals surface area contributed by atoms with Crippen LogP contribution in [0.15, 0.2) is 41.6 Å². The van der Waals surface area contributed by atoms with Crippen molar-refractivity contribution in [2.75, 3.05) is 5.32 Å². The van der Waals surface area contributed by atoms with Crippen molar-refractivity contribution in [2.24, 2.45) is 17.2 Å². The molecule has 1 unspecified atom stereocenters. The number of para-hydroxylation sites is 1. The number of benzene rings is 1. The quantitative estimate of drug-likeness (QED) is 0.606. The molecule has 1 amide bonds. The summed E-state index contributed by atoms with van der Waals surface area (Å²) in [4.78, 5) is 37.1. The molecule has 2 aromatic rings. The van der Waals surface area contributed by atoms with E-state index in [2.05, 4.69) is 5.32 Å². The van der Waals surface area contributed by atoms with Gasteiger partial charge in [0, 0.05) is 35.1 Å². The molecule has 4 rings (SSSR count). The fraction of sp³-hybridized carbons (Fsp3) is 0.250. The summed E-state index contributed by atoms with van der Waals surface area (Å²) >= 11 is 0. The Bertz CT molecular complexity index is 1070. The smallest absolute Gasteiger partial charge is 0.404 e. The van der Waals surface area contributed by atoms with Gasteiger partial charge in [-0.25, -0.2) is 4.79 Å². The molecule has 150 valence electrons. The van der Waals surface area contributed by atoms with Crippen LogP contribution in [0.5, 0.6) is 0 Å². The van der Waals surface area contributed by atoms with Gasteiger partial charge in [-0.2, -0.15) is 0 Å². The maximum absolute atomic E-state index is 13.0. The van der Waals surface area contributed by atoms with Gasteiger partial charge in [-0.1, -0.05) is 18.2 Å². The van der Waals surface area contributed by atoms with E-state index in [1.807, 2.05) is 30.3 Å². The summed E-state index contributed by atoms with van der Waals surface area (Å²) in [6.07, 6.45) is -0.983. The molecule has 9 nitrogen and oxygen atoms in total. The lowest BCUT2D eigenvalue weighted by Crippen LogP contribution is -2.33. The Balaban J connectivity index is 1.88. The molecule has 1 aliphatic heterocycles. The van der Waals surface area contributed by atoms with Crippen molar-refractivity contribution in [3.8, 4) is 0 Å². The van der Waals surface area contributed by atoms with Crippen LogP contribution in [0.4, 0.5) is 10.5 Å². The summed E-state index contributed by atoms with van der Waals surface area (Å²) < 4.78 is 6.73. The number of Topliss-reactive ketones (excluding diaryl/α,β-unsaturated/α-hetero) is 2. The number of hydrogen-bond donors (Lipinski definition) is 4. The van der Waals surface area contributed by atoms with Gasteiger partial charge in [0.2, 0.25) is 11.6 Å². The summed E-state index contributed by atoms with van der Waals surface area (Å²) in [7, 11) is 0. The van der Waals surface area contributed by atoms with Crippen LogP contribution < -0.4 is 22.5 Å². The Hall–Kier alpha value is -3.59. The number of allylic oxidation sites excluding steroid dienone is 2. The molecule has 0 radical (unpaired) electrons.